The molecule has 0 amide bonds. The fraction of sp³-hybridized carbons (Fsp3) is 0.385. The molecule has 1 atom stereocenters. The highest BCUT2D eigenvalue weighted by Gasteiger charge is 2.32. The van der Waals surface area contributed by atoms with Crippen molar-refractivity contribution in [2.75, 3.05) is 7.05 Å². The predicted molar refractivity (Wildman–Crippen MR) is 67.9 cm³/mol. The van der Waals surface area contributed by atoms with Crippen molar-refractivity contribution in [3.05, 3.63) is 47.3 Å². The van der Waals surface area contributed by atoms with E-state index in [2.05, 4.69) is 15.4 Å². The van der Waals surface area contributed by atoms with Gasteiger partial charge in [-0.3, -0.25) is 4.68 Å². The molecule has 0 bridgehead atoms. The minimum Gasteiger partial charge on any atom is -0.313 e. The molecule has 21 heavy (non-hydrogen) atoms. The number of halogens is 4. The summed E-state index contributed by atoms with van der Waals surface area (Å²) in [7, 11) is 3.22. The maximum absolute atomic E-state index is 13.9. The first kappa shape index (κ1) is 15.4. The quantitative estimate of drug-likeness (QED) is 0.882. The highest BCUT2D eigenvalue weighted by Crippen LogP contribution is 2.32. The molecule has 0 aliphatic rings. The average Bonchev–Trinajstić information content (AvgIpc) is 2.81. The van der Waals surface area contributed by atoms with Crippen LogP contribution in [0.2, 0.25) is 0 Å². The maximum Gasteiger partial charge on any atom is 0.416 e. The van der Waals surface area contributed by atoms with Gasteiger partial charge in [-0.05, 0) is 25.2 Å². The highest BCUT2D eigenvalue weighted by atomic mass is 19.4. The summed E-state index contributed by atoms with van der Waals surface area (Å²) >= 11 is 0. The topological polar surface area (TPSA) is 42.7 Å². The number of aryl methyl sites for hydroxylation is 1. The molecule has 114 valence electrons. The third kappa shape index (κ3) is 3.38. The lowest BCUT2D eigenvalue weighted by Gasteiger charge is -2.18. The fourth-order valence-electron chi connectivity index (χ4n) is 2.04. The van der Waals surface area contributed by atoms with Crippen LogP contribution in [-0.4, -0.2) is 21.8 Å². The van der Waals surface area contributed by atoms with Crippen molar-refractivity contribution in [1.82, 2.24) is 20.1 Å². The normalized spacial score (nSPS) is 13.4. The summed E-state index contributed by atoms with van der Waals surface area (Å²) in [5.74, 6) is -0.143. The molecule has 0 saturated carbocycles. The van der Waals surface area contributed by atoms with Crippen LogP contribution in [0.3, 0.4) is 0 Å². The molecular weight excluding hydrogens is 288 g/mol. The minimum absolute atomic E-state index is 0.0460. The average molecular weight is 302 g/mol. The van der Waals surface area contributed by atoms with Gasteiger partial charge >= 0.3 is 6.18 Å². The van der Waals surface area contributed by atoms with Gasteiger partial charge in [0.25, 0.3) is 0 Å². The number of nitrogens with zero attached hydrogens (tertiary/aromatic N) is 3. The summed E-state index contributed by atoms with van der Waals surface area (Å²) in [5.41, 5.74) is -0.924. The van der Waals surface area contributed by atoms with E-state index in [9.17, 15) is 17.6 Å². The van der Waals surface area contributed by atoms with Gasteiger partial charge in [-0.25, -0.2) is 9.37 Å². The zero-order valence-electron chi connectivity index (χ0n) is 11.4. The monoisotopic (exact) mass is 302 g/mol. The number of benzene rings is 1. The van der Waals surface area contributed by atoms with Crippen LogP contribution in [0.15, 0.2) is 24.5 Å². The molecular formula is C13H14F4N4. The van der Waals surface area contributed by atoms with Crippen molar-refractivity contribution < 1.29 is 17.6 Å². The van der Waals surface area contributed by atoms with Crippen molar-refractivity contribution in [1.29, 1.82) is 0 Å². The summed E-state index contributed by atoms with van der Waals surface area (Å²) < 4.78 is 53.6. The van der Waals surface area contributed by atoms with Gasteiger partial charge in [0.05, 0.1) is 5.56 Å². The number of hydrogen-bond acceptors (Lipinski definition) is 3. The molecule has 2 rings (SSSR count). The molecule has 1 heterocycles. The van der Waals surface area contributed by atoms with E-state index in [0.29, 0.717) is 5.82 Å². The smallest absolute Gasteiger partial charge is 0.313 e. The first-order valence-corrected chi connectivity index (χ1v) is 6.19. The second kappa shape index (κ2) is 5.80. The van der Waals surface area contributed by atoms with Crippen molar-refractivity contribution in [3.8, 4) is 0 Å². The van der Waals surface area contributed by atoms with E-state index in [4.69, 9.17) is 0 Å². The number of aromatic nitrogens is 3. The fourth-order valence-corrected chi connectivity index (χ4v) is 2.04. The van der Waals surface area contributed by atoms with Crippen LogP contribution >= 0.6 is 0 Å². The lowest BCUT2D eigenvalue weighted by Crippen LogP contribution is -2.22. The first-order valence-electron chi connectivity index (χ1n) is 6.19. The number of hydrogen-bond donors (Lipinski definition) is 1. The highest BCUT2D eigenvalue weighted by molar-refractivity contribution is 5.30. The number of rotatable bonds is 4. The number of nitrogens with one attached hydrogen (secondary N) is 1. The molecule has 0 aliphatic carbocycles. The summed E-state index contributed by atoms with van der Waals surface area (Å²) in [4.78, 5) is 4.00. The Balaban J connectivity index is 2.35. The summed E-state index contributed by atoms with van der Waals surface area (Å²) in [6, 6.07) is 1.76. The van der Waals surface area contributed by atoms with Gasteiger partial charge in [-0.1, -0.05) is 0 Å². The van der Waals surface area contributed by atoms with E-state index in [1.54, 1.807) is 14.1 Å². The van der Waals surface area contributed by atoms with Crippen molar-refractivity contribution in [3.63, 3.8) is 0 Å². The third-order valence-corrected chi connectivity index (χ3v) is 3.24. The van der Waals surface area contributed by atoms with E-state index in [1.165, 1.54) is 11.0 Å². The van der Waals surface area contributed by atoms with Crippen LogP contribution in [-0.2, 0) is 19.6 Å². The summed E-state index contributed by atoms with van der Waals surface area (Å²) in [6.45, 7) is 0. The number of likely N-dealkylation sites (N-methyl/N-ethyl adjacent to an activating group) is 1. The van der Waals surface area contributed by atoms with Gasteiger partial charge in [0.1, 0.15) is 18.0 Å². The molecule has 2 aromatic rings. The largest absolute Gasteiger partial charge is 0.416 e. The van der Waals surface area contributed by atoms with Gasteiger partial charge < -0.3 is 5.32 Å². The molecule has 0 spiro atoms. The zero-order chi connectivity index (χ0) is 15.6. The van der Waals surface area contributed by atoms with Crippen molar-refractivity contribution in [2.45, 2.75) is 18.6 Å². The van der Waals surface area contributed by atoms with Gasteiger partial charge in [-0.15, -0.1) is 0 Å². The molecule has 1 unspecified atom stereocenters. The van der Waals surface area contributed by atoms with Crippen LogP contribution < -0.4 is 5.32 Å². The van der Waals surface area contributed by atoms with Crippen LogP contribution in [0.4, 0.5) is 17.6 Å². The second-order valence-electron chi connectivity index (χ2n) is 4.58. The Morgan fingerprint density at radius 2 is 2.05 bits per heavy atom. The van der Waals surface area contributed by atoms with Crippen molar-refractivity contribution >= 4 is 0 Å². The van der Waals surface area contributed by atoms with E-state index in [0.717, 1.165) is 18.2 Å². The Kier molecular flexibility index (Phi) is 4.26. The predicted octanol–water partition coefficient (Wildman–Crippen LogP) is 2.48. The Morgan fingerprint density at radius 3 is 2.57 bits per heavy atom. The van der Waals surface area contributed by atoms with Crippen LogP contribution in [0.1, 0.15) is 23.0 Å². The van der Waals surface area contributed by atoms with Crippen molar-refractivity contribution in [2.24, 2.45) is 7.05 Å². The molecule has 1 aromatic heterocycles. The van der Waals surface area contributed by atoms with Gasteiger partial charge in [0.15, 0.2) is 0 Å². The molecule has 0 fully saturated rings. The van der Waals surface area contributed by atoms with E-state index < -0.39 is 23.6 Å². The second-order valence-corrected chi connectivity index (χ2v) is 4.58. The Morgan fingerprint density at radius 1 is 1.33 bits per heavy atom. The third-order valence-electron chi connectivity index (χ3n) is 3.24. The Hall–Kier alpha value is -1.96. The summed E-state index contributed by atoms with van der Waals surface area (Å²) in [6.07, 6.45) is -2.94. The molecule has 0 saturated heterocycles. The minimum atomic E-state index is -4.51. The molecule has 0 radical (unpaired) electrons. The van der Waals surface area contributed by atoms with Crippen LogP contribution in [0.5, 0.6) is 0 Å². The van der Waals surface area contributed by atoms with Crippen LogP contribution in [0.25, 0.3) is 0 Å². The lowest BCUT2D eigenvalue weighted by atomic mass is 10.00. The standard InChI is InChI=1S/C13H14F4N4/c1-18-11(6-12-19-7-20-21(12)2)9-5-8(13(15,16)17)3-4-10(9)14/h3-5,7,11,18H,6H2,1-2H3. The van der Waals surface area contributed by atoms with Crippen LogP contribution in [0, 0.1) is 5.82 Å². The molecule has 1 N–H and O–H groups in total. The SMILES string of the molecule is CNC(Cc1ncnn1C)c1cc(C(F)(F)F)ccc1F. The maximum atomic E-state index is 13.9. The Bertz CT molecular complexity index is 621. The Labute approximate surface area is 118 Å². The molecule has 0 aliphatic heterocycles. The van der Waals surface area contributed by atoms with E-state index in [-0.39, 0.29) is 12.0 Å². The van der Waals surface area contributed by atoms with Gasteiger partial charge in [0.2, 0.25) is 0 Å². The zero-order valence-corrected chi connectivity index (χ0v) is 11.4. The first-order chi connectivity index (χ1) is 9.82. The van der Waals surface area contributed by atoms with E-state index >= 15 is 0 Å². The lowest BCUT2D eigenvalue weighted by molar-refractivity contribution is -0.137. The number of alkyl halides is 3. The molecule has 8 heteroatoms. The van der Waals surface area contributed by atoms with Gasteiger partial charge in [0, 0.05) is 25.1 Å². The molecule has 1 aromatic carbocycles. The van der Waals surface area contributed by atoms with E-state index in [1.807, 2.05) is 0 Å². The van der Waals surface area contributed by atoms with Gasteiger partial charge in [-0.2, -0.15) is 18.3 Å². The molecule has 4 nitrogen and oxygen atoms in total. The summed E-state index contributed by atoms with van der Waals surface area (Å²) in [5, 5.41) is 6.70.